The van der Waals surface area contributed by atoms with Crippen LogP contribution in [0.15, 0.2) is 30.3 Å². The van der Waals surface area contributed by atoms with Gasteiger partial charge in [0.2, 0.25) is 5.91 Å². The third-order valence-corrected chi connectivity index (χ3v) is 7.84. The molecule has 4 rings (SSSR count). The number of piperidine rings is 1. The Morgan fingerprint density at radius 1 is 1.15 bits per heavy atom. The second-order valence-corrected chi connectivity index (χ2v) is 9.60. The van der Waals surface area contributed by atoms with Crippen molar-refractivity contribution in [1.82, 2.24) is 10.2 Å². The molecule has 0 aromatic heterocycles. The molecular weight excluding hydrogens is 340 g/mol. The fourth-order valence-electron chi connectivity index (χ4n) is 4.93. The first-order valence-electron chi connectivity index (χ1n) is 10.4. The Balaban J connectivity index is 1.16. The van der Waals surface area contributed by atoms with E-state index < -0.39 is 0 Å². The van der Waals surface area contributed by atoms with Gasteiger partial charge in [0, 0.05) is 18.5 Å². The lowest BCUT2D eigenvalue weighted by molar-refractivity contribution is -0.123. The van der Waals surface area contributed by atoms with Crippen LogP contribution in [-0.2, 0) is 11.2 Å². The van der Waals surface area contributed by atoms with Gasteiger partial charge in [-0.05, 0) is 80.5 Å². The number of hydrogen-bond acceptors (Lipinski definition) is 3. The second-order valence-electron chi connectivity index (χ2n) is 8.38. The Labute approximate surface area is 162 Å². The minimum Gasteiger partial charge on any atom is -0.356 e. The molecule has 0 bridgehead atoms. The molecule has 26 heavy (non-hydrogen) atoms. The lowest BCUT2D eigenvalue weighted by Gasteiger charge is -2.39. The Kier molecular flexibility index (Phi) is 5.90. The second kappa shape index (κ2) is 8.35. The number of nitrogens with one attached hydrogen (secondary N) is 1. The molecule has 1 saturated carbocycles. The molecule has 4 heteroatoms. The lowest BCUT2D eigenvalue weighted by atomic mass is 9.89. The van der Waals surface area contributed by atoms with Crippen molar-refractivity contribution in [2.45, 2.75) is 51.0 Å². The van der Waals surface area contributed by atoms with Gasteiger partial charge in [-0.2, -0.15) is 11.8 Å². The number of nitrogens with zero attached hydrogens (tertiary/aromatic N) is 1. The minimum absolute atomic E-state index is 0.295. The molecule has 3 aliphatic rings. The third-order valence-electron chi connectivity index (χ3n) is 6.79. The molecule has 1 aromatic rings. The molecule has 1 spiro atoms. The van der Waals surface area contributed by atoms with Crippen LogP contribution in [0.25, 0.3) is 0 Å². The Morgan fingerprint density at radius 3 is 2.62 bits per heavy atom. The van der Waals surface area contributed by atoms with Gasteiger partial charge < -0.3 is 10.2 Å². The number of likely N-dealkylation sites (tertiary alicyclic amines) is 1. The number of rotatable bonds is 6. The number of thioether (sulfide) groups is 1. The van der Waals surface area contributed by atoms with Crippen molar-refractivity contribution in [3.8, 4) is 0 Å². The zero-order valence-electron chi connectivity index (χ0n) is 15.8. The van der Waals surface area contributed by atoms with Crippen molar-refractivity contribution in [1.29, 1.82) is 0 Å². The van der Waals surface area contributed by atoms with Crippen molar-refractivity contribution in [2.24, 2.45) is 11.3 Å². The zero-order chi connectivity index (χ0) is 17.8. The van der Waals surface area contributed by atoms with E-state index in [4.69, 9.17) is 0 Å². The molecule has 2 heterocycles. The van der Waals surface area contributed by atoms with Crippen LogP contribution in [0.4, 0.5) is 0 Å². The average Bonchev–Trinajstić information content (AvgIpc) is 3.40. The van der Waals surface area contributed by atoms with Crippen LogP contribution in [0, 0.1) is 11.3 Å². The van der Waals surface area contributed by atoms with Crippen LogP contribution >= 0.6 is 11.8 Å². The molecule has 1 N–H and O–H groups in total. The standard InChI is InChI=1S/C22H32N2OS/c25-21(23-12-4-7-18-5-2-1-3-6-18)20-17-22(20)10-13-24(14-11-22)19-8-15-26-16-9-19/h1-3,5-6,19-20H,4,7-17H2,(H,23,25). The Morgan fingerprint density at radius 2 is 1.88 bits per heavy atom. The van der Waals surface area contributed by atoms with Crippen molar-refractivity contribution in [2.75, 3.05) is 31.1 Å². The van der Waals surface area contributed by atoms with Crippen LogP contribution < -0.4 is 5.32 Å². The van der Waals surface area contributed by atoms with Crippen molar-refractivity contribution in [3.63, 3.8) is 0 Å². The first-order valence-corrected chi connectivity index (χ1v) is 11.6. The van der Waals surface area contributed by atoms with E-state index in [0.717, 1.165) is 31.8 Å². The molecule has 1 amide bonds. The van der Waals surface area contributed by atoms with E-state index in [1.165, 1.54) is 55.8 Å². The van der Waals surface area contributed by atoms with Gasteiger partial charge in [0.05, 0.1) is 0 Å². The van der Waals surface area contributed by atoms with E-state index in [1.807, 2.05) is 0 Å². The van der Waals surface area contributed by atoms with Gasteiger partial charge in [-0.3, -0.25) is 4.79 Å². The van der Waals surface area contributed by atoms with Crippen molar-refractivity contribution < 1.29 is 4.79 Å². The fourth-order valence-corrected chi connectivity index (χ4v) is 6.01. The molecule has 1 aromatic carbocycles. The van der Waals surface area contributed by atoms with Gasteiger partial charge in [0.25, 0.3) is 0 Å². The smallest absolute Gasteiger partial charge is 0.223 e. The molecule has 3 fully saturated rings. The molecule has 142 valence electrons. The van der Waals surface area contributed by atoms with Gasteiger partial charge >= 0.3 is 0 Å². The number of carbonyl (C=O) groups is 1. The molecule has 2 aliphatic heterocycles. The van der Waals surface area contributed by atoms with Crippen LogP contribution in [0.1, 0.15) is 44.1 Å². The molecule has 1 aliphatic carbocycles. The maximum atomic E-state index is 12.5. The normalized spacial score (nSPS) is 25.9. The highest BCUT2D eigenvalue weighted by atomic mass is 32.2. The first kappa shape index (κ1) is 18.4. The topological polar surface area (TPSA) is 32.3 Å². The van der Waals surface area contributed by atoms with Gasteiger partial charge in [-0.1, -0.05) is 30.3 Å². The van der Waals surface area contributed by atoms with Crippen molar-refractivity contribution >= 4 is 17.7 Å². The fraction of sp³-hybridized carbons (Fsp3) is 0.682. The molecule has 1 unspecified atom stereocenters. The largest absolute Gasteiger partial charge is 0.356 e. The summed E-state index contributed by atoms with van der Waals surface area (Å²) in [6.45, 7) is 3.24. The Bertz CT molecular complexity index is 591. The molecule has 0 radical (unpaired) electrons. The average molecular weight is 373 g/mol. The quantitative estimate of drug-likeness (QED) is 0.772. The number of aryl methyl sites for hydroxylation is 1. The number of hydrogen-bond donors (Lipinski definition) is 1. The zero-order valence-corrected chi connectivity index (χ0v) is 16.6. The summed E-state index contributed by atoms with van der Waals surface area (Å²) < 4.78 is 0. The SMILES string of the molecule is O=C(NCCCc1ccccc1)C1CC12CCN(C1CCSCC1)CC2. The summed E-state index contributed by atoms with van der Waals surface area (Å²) >= 11 is 2.11. The van der Waals surface area contributed by atoms with E-state index in [-0.39, 0.29) is 0 Å². The summed E-state index contributed by atoms with van der Waals surface area (Å²) in [4.78, 5) is 15.3. The summed E-state index contributed by atoms with van der Waals surface area (Å²) in [5.74, 6) is 3.28. The van der Waals surface area contributed by atoms with Crippen molar-refractivity contribution in [3.05, 3.63) is 35.9 Å². The third kappa shape index (κ3) is 4.28. The lowest BCUT2D eigenvalue weighted by Crippen LogP contribution is -2.44. The molecule has 3 nitrogen and oxygen atoms in total. The highest BCUT2D eigenvalue weighted by molar-refractivity contribution is 7.99. The summed E-state index contributed by atoms with van der Waals surface area (Å²) in [5.41, 5.74) is 1.71. The van der Waals surface area contributed by atoms with Crippen LogP contribution in [0.5, 0.6) is 0 Å². The summed E-state index contributed by atoms with van der Waals surface area (Å²) in [7, 11) is 0. The van der Waals surface area contributed by atoms with Crippen LogP contribution in [0.2, 0.25) is 0 Å². The maximum Gasteiger partial charge on any atom is 0.223 e. The monoisotopic (exact) mass is 372 g/mol. The molecule has 2 saturated heterocycles. The van der Waals surface area contributed by atoms with Crippen LogP contribution in [0.3, 0.4) is 0 Å². The molecule has 1 atom stereocenters. The first-order chi connectivity index (χ1) is 12.8. The maximum absolute atomic E-state index is 12.5. The minimum atomic E-state index is 0.295. The van der Waals surface area contributed by atoms with Gasteiger partial charge in [0.1, 0.15) is 0 Å². The Hall–Kier alpha value is -1.00. The van der Waals surface area contributed by atoms with E-state index in [9.17, 15) is 4.79 Å². The highest BCUT2D eigenvalue weighted by Gasteiger charge is 2.58. The predicted molar refractivity (Wildman–Crippen MR) is 109 cm³/mol. The molecular formula is C22H32N2OS. The van der Waals surface area contributed by atoms with Gasteiger partial charge in [-0.15, -0.1) is 0 Å². The number of carbonyl (C=O) groups excluding carboxylic acids is 1. The summed E-state index contributed by atoms with van der Waals surface area (Å²) in [5, 5.41) is 3.21. The number of benzene rings is 1. The summed E-state index contributed by atoms with van der Waals surface area (Å²) in [6, 6.07) is 11.4. The van der Waals surface area contributed by atoms with E-state index >= 15 is 0 Å². The van der Waals surface area contributed by atoms with Gasteiger partial charge in [0.15, 0.2) is 0 Å². The van der Waals surface area contributed by atoms with E-state index in [0.29, 0.717) is 17.2 Å². The summed E-state index contributed by atoms with van der Waals surface area (Å²) in [6.07, 6.45) is 8.41. The highest BCUT2D eigenvalue weighted by Crippen LogP contribution is 2.59. The predicted octanol–water partition coefficient (Wildman–Crippen LogP) is 3.73. The van der Waals surface area contributed by atoms with E-state index in [1.54, 1.807) is 0 Å². The van der Waals surface area contributed by atoms with E-state index in [2.05, 4.69) is 52.3 Å². The number of amides is 1. The van der Waals surface area contributed by atoms with Gasteiger partial charge in [-0.25, -0.2) is 0 Å². The van der Waals surface area contributed by atoms with Crippen LogP contribution in [-0.4, -0.2) is 48.0 Å².